The lowest BCUT2D eigenvalue weighted by molar-refractivity contribution is 0.730. The van der Waals surface area contributed by atoms with Gasteiger partial charge in [-0.05, 0) is 61.8 Å². The second-order valence-electron chi connectivity index (χ2n) is 5.06. The van der Waals surface area contributed by atoms with Crippen molar-refractivity contribution in [2.45, 2.75) is 39.5 Å². The highest BCUT2D eigenvalue weighted by atomic mass is 14.0. The Labute approximate surface area is 111 Å². The second kappa shape index (κ2) is 6.39. The van der Waals surface area contributed by atoms with Gasteiger partial charge < -0.3 is 0 Å². The minimum atomic E-state index is 1.21. The maximum atomic E-state index is 2.25. The van der Waals surface area contributed by atoms with Crippen LogP contribution in [0.5, 0.6) is 0 Å². The highest BCUT2D eigenvalue weighted by molar-refractivity contribution is 5.26. The van der Waals surface area contributed by atoms with Crippen LogP contribution in [0.2, 0.25) is 0 Å². The topological polar surface area (TPSA) is 0 Å². The highest BCUT2D eigenvalue weighted by Crippen LogP contribution is 2.14. The first-order chi connectivity index (χ1) is 8.77. The smallest absolute Gasteiger partial charge is 0.0276 e. The Bertz CT molecular complexity index is 449. The molecule has 0 N–H and O–H groups in total. The quantitative estimate of drug-likeness (QED) is 0.652. The summed E-state index contributed by atoms with van der Waals surface area (Å²) in [6, 6.07) is 17.4. The molecule has 0 heteroatoms. The average Bonchev–Trinajstić information content (AvgIpc) is 2.38. The Morgan fingerprint density at radius 2 is 1.00 bits per heavy atom. The Morgan fingerprint density at radius 3 is 1.39 bits per heavy atom. The zero-order valence-electron chi connectivity index (χ0n) is 11.4. The van der Waals surface area contributed by atoms with Gasteiger partial charge in [0, 0.05) is 0 Å². The fourth-order valence-electron chi connectivity index (χ4n) is 2.41. The maximum absolute atomic E-state index is 2.25. The van der Waals surface area contributed by atoms with Gasteiger partial charge in [0.1, 0.15) is 0 Å². The van der Waals surface area contributed by atoms with E-state index in [2.05, 4.69) is 62.4 Å². The SMILES string of the molecule is Cc1ccccc1CCCCc1ccccc1C. The predicted molar refractivity (Wildman–Crippen MR) is 79.0 cm³/mol. The van der Waals surface area contributed by atoms with E-state index in [-0.39, 0.29) is 0 Å². The van der Waals surface area contributed by atoms with Gasteiger partial charge >= 0.3 is 0 Å². The van der Waals surface area contributed by atoms with E-state index in [9.17, 15) is 0 Å². The molecule has 0 aromatic heterocycles. The van der Waals surface area contributed by atoms with Crippen molar-refractivity contribution in [3.63, 3.8) is 0 Å². The molecule has 0 aliphatic carbocycles. The van der Waals surface area contributed by atoms with Crippen molar-refractivity contribution in [1.29, 1.82) is 0 Å². The zero-order valence-corrected chi connectivity index (χ0v) is 11.4. The molecule has 0 heterocycles. The van der Waals surface area contributed by atoms with Crippen LogP contribution in [0.15, 0.2) is 48.5 Å². The minimum absolute atomic E-state index is 1.21. The molecule has 0 saturated heterocycles. The third kappa shape index (κ3) is 3.46. The molecule has 94 valence electrons. The molecule has 0 bridgehead atoms. The lowest BCUT2D eigenvalue weighted by Crippen LogP contribution is -1.93. The van der Waals surface area contributed by atoms with E-state index >= 15 is 0 Å². The molecule has 0 saturated carbocycles. The molecule has 2 aromatic rings. The molecule has 2 aromatic carbocycles. The van der Waals surface area contributed by atoms with E-state index in [0.717, 1.165) is 0 Å². The van der Waals surface area contributed by atoms with Crippen molar-refractivity contribution in [3.05, 3.63) is 70.8 Å². The third-order valence-electron chi connectivity index (χ3n) is 3.66. The number of hydrogen-bond acceptors (Lipinski definition) is 0. The molecule has 0 amide bonds. The molecule has 0 spiro atoms. The summed E-state index contributed by atoms with van der Waals surface area (Å²) in [4.78, 5) is 0. The van der Waals surface area contributed by atoms with Gasteiger partial charge in [-0.15, -0.1) is 0 Å². The lowest BCUT2D eigenvalue weighted by Gasteiger charge is -2.07. The number of aryl methyl sites for hydroxylation is 4. The van der Waals surface area contributed by atoms with Crippen molar-refractivity contribution in [2.75, 3.05) is 0 Å². The van der Waals surface area contributed by atoms with Crippen LogP contribution in [0.3, 0.4) is 0 Å². The van der Waals surface area contributed by atoms with Crippen LogP contribution < -0.4 is 0 Å². The molecule has 0 atom stereocenters. The fraction of sp³-hybridized carbons (Fsp3) is 0.333. The van der Waals surface area contributed by atoms with Crippen LogP contribution in [0.4, 0.5) is 0 Å². The van der Waals surface area contributed by atoms with E-state index in [1.54, 1.807) is 0 Å². The van der Waals surface area contributed by atoms with Crippen molar-refractivity contribution >= 4 is 0 Å². The Balaban J connectivity index is 1.80. The first kappa shape index (κ1) is 12.9. The van der Waals surface area contributed by atoms with Crippen LogP contribution in [0, 0.1) is 13.8 Å². The largest absolute Gasteiger partial charge is 0.0620 e. The molecule has 0 aliphatic heterocycles. The number of unbranched alkanes of at least 4 members (excludes halogenated alkanes) is 1. The van der Waals surface area contributed by atoms with Crippen molar-refractivity contribution in [1.82, 2.24) is 0 Å². The summed E-state index contributed by atoms with van der Waals surface area (Å²) in [5.41, 5.74) is 5.85. The van der Waals surface area contributed by atoms with Crippen molar-refractivity contribution in [3.8, 4) is 0 Å². The molecule has 18 heavy (non-hydrogen) atoms. The molecule has 0 aliphatic rings. The molecule has 0 radical (unpaired) electrons. The van der Waals surface area contributed by atoms with Crippen LogP contribution in [-0.4, -0.2) is 0 Å². The van der Waals surface area contributed by atoms with Crippen LogP contribution in [-0.2, 0) is 12.8 Å². The number of benzene rings is 2. The van der Waals surface area contributed by atoms with Gasteiger partial charge in [0.2, 0.25) is 0 Å². The van der Waals surface area contributed by atoms with Crippen molar-refractivity contribution in [2.24, 2.45) is 0 Å². The monoisotopic (exact) mass is 238 g/mol. The standard InChI is InChI=1S/C18H22/c1-15-9-3-5-11-17(15)13-7-8-14-18-12-6-4-10-16(18)2/h3-6,9-12H,7-8,13-14H2,1-2H3. The maximum Gasteiger partial charge on any atom is -0.0276 e. The summed E-state index contributed by atoms with van der Waals surface area (Å²) in [6.07, 6.45) is 4.97. The van der Waals surface area contributed by atoms with E-state index in [0.29, 0.717) is 0 Å². The summed E-state index contributed by atoms with van der Waals surface area (Å²) in [6.45, 7) is 4.41. The van der Waals surface area contributed by atoms with Crippen LogP contribution in [0.25, 0.3) is 0 Å². The Kier molecular flexibility index (Phi) is 4.58. The normalized spacial score (nSPS) is 10.6. The predicted octanol–water partition coefficient (Wildman–Crippen LogP) is 4.87. The zero-order chi connectivity index (χ0) is 12.8. The van der Waals surface area contributed by atoms with E-state index in [1.807, 2.05) is 0 Å². The van der Waals surface area contributed by atoms with Gasteiger partial charge in [-0.2, -0.15) is 0 Å². The van der Waals surface area contributed by atoms with Gasteiger partial charge in [-0.3, -0.25) is 0 Å². The van der Waals surface area contributed by atoms with Crippen LogP contribution >= 0.6 is 0 Å². The number of hydrogen-bond donors (Lipinski definition) is 0. The minimum Gasteiger partial charge on any atom is -0.0620 e. The first-order valence-electron chi connectivity index (χ1n) is 6.86. The van der Waals surface area contributed by atoms with Crippen molar-refractivity contribution < 1.29 is 0 Å². The molecule has 0 unspecified atom stereocenters. The van der Waals surface area contributed by atoms with E-state index in [1.165, 1.54) is 47.9 Å². The van der Waals surface area contributed by atoms with Gasteiger partial charge in [0.05, 0.1) is 0 Å². The molecular weight excluding hydrogens is 216 g/mol. The lowest BCUT2D eigenvalue weighted by atomic mass is 9.99. The fourth-order valence-corrected chi connectivity index (χ4v) is 2.41. The van der Waals surface area contributed by atoms with E-state index in [4.69, 9.17) is 0 Å². The highest BCUT2D eigenvalue weighted by Gasteiger charge is 1.99. The summed E-state index contributed by atoms with van der Waals surface area (Å²) in [7, 11) is 0. The van der Waals surface area contributed by atoms with Gasteiger partial charge in [-0.1, -0.05) is 48.5 Å². The summed E-state index contributed by atoms with van der Waals surface area (Å²) in [5, 5.41) is 0. The van der Waals surface area contributed by atoms with Crippen LogP contribution in [0.1, 0.15) is 35.1 Å². The molecular formula is C18H22. The summed E-state index contributed by atoms with van der Waals surface area (Å²) in [5.74, 6) is 0. The molecule has 0 fully saturated rings. The van der Waals surface area contributed by atoms with Gasteiger partial charge in [-0.25, -0.2) is 0 Å². The first-order valence-corrected chi connectivity index (χ1v) is 6.86. The van der Waals surface area contributed by atoms with Gasteiger partial charge in [0.25, 0.3) is 0 Å². The second-order valence-corrected chi connectivity index (χ2v) is 5.06. The summed E-state index contributed by atoms with van der Waals surface area (Å²) < 4.78 is 0. The van der Waals surface area contributed by atoms with Gasteiger partial charge in [0.15, 0.2) is 0 Å². The number of rotatable bonds is 5. The van der Waals surface area contributed by atoms with E-state index < -0.39 is 0 Å². The summed E-state index contributed by atoms with van der Waals surface area (Å²) >= 11 is 0. The Morgan fingerprint density at radius 1 is 0.611 bits per heavy atom. The third-order valence-corrected chi connectivity index (χ3v) is 3.66. The molecule has 2 rings (SSSR count). The Hall–Kier alpha value is -1.56. The molecule has 0 nitrogen and oxygen atoms in total. The average molecular weight is 238 g/mol.